The first-order valence-electron chi connectivity index (χ1n) is 5.59. The number of nitrogens with two attached hydrogens (primary N) is 1. The maximum absolute atomic E-state index is 10.3. The van der Waals surface area contributed by atoms with Crippen LogP contribution in [-0.4, -0.2) is 32.4 Å². The van der Waals surface area contributed by atoms with Gasteiger partial charge in [-0.05, 0) is 6.54 Å². The number of methoxy groups -OCH3 is 2. The van der Waals surface area contributed by atoms with Gasteiger partial charge in [0.15, 0.2) is 0 Å². The largest absolute Gasteiger partial charge is 0.497 e. The standard InChI is InChI=1S/C12H18N2O3/c1-16-8-3-9-11(10(4-8)17-2)12(15)7(5-13)6-14-9/h3-4,7,12,14-15H,5-6,13H2,1-2H3/t7-,12-/m0/s1. The molecule has 1 aromatic rings. The van der Waals surface area contributed by atoms with Crippen molar-refractivity contribution in [3.63, 3.8) is 0 Å². The highest BCUT2D eigenvalue weighted by atomic mass is 16.5. The third-order valence-electron chi connectivity index (χ3n) is 3.17. The normalized spacial score (nSPS) is 22.6. The smallest absolute Gasteiger partial charge is 0.130 e. The summed E-state index contributed by atoms with van der Waals surface area (Å²) in [5.41, 5.74) is 7.24. The number of benzene rings is 1. The molecule has 0 aromatic heterocycles. The van der Waals surface area contributed by atoms with E-state index in [0.717, 1.165) is 11.3 Å². The molecule has 0 fully saturated rings. The molecule has 0 amide bonds. The molecular weight excluding hydrogens is 220 g/mol. The van der Waals surface area contributed by atoms with E-state index in [9.17, 15) is 5.11 Å². The van der Waals surface area contributed by atoms with Crippen molar-refractivity contribution in [2.45, 2.75) is 6.10 Å². The maximum Gasteiger partial charge on any atom is 0.130 e. The summed E-state index contributed by atoms with van der Waals surface area (Å²) in [5, 5.41) is 13.5. The first-order valence-corrected chi connectivity index (χ1v) is 5.59. The van der Waals surface area contributed by atoms with Crippen LogP contribution in [0.4, 0.5) is 5.69 Å². The van der Waals surface area contributed by atoms with Gasteiger partial charge in [0.25, 0.3) is 0 Å². The summed E-state index contributed by atoms with van der Waals surface area (Å²) in [6, 6.07) is 3.62. The van der Waals surface area contributed by atoms with Gasteiger partial charge >= 0.3 is 0 Å². The van der Waals surface area contributed by atoms with Crippen molar-refractivity contribution in [2.24, 2.45) is 11.7 Å². The third-order valence-corrected chi connectivity index (χ3v) is 3.17. The van der Waals surface area contributed by atoms with Gasteiger partial charge in [-0.15, -0.1) is 0 Å². The van der Waals surface area contributed by atoms with Crippen LogP contribution in [0.15, 0.2) is 12.1 Å². The van der Waals surface area contributed by atoms with Gasteiger partial charge in [0.2, 0.25) is 0 Å². The zero-order valence-corrected chi connectivity index (χ0v) is 10.1. The highest BCUT2D eigenvalue weighted by molar-refractivity contribution is 5.64. The van der Waals surface area contributed by atoms with E-state index in [4.69, 9.17) is 15.2 Å². The predicted octanol–water partition coefficient (Wildman–Crippen LogP) is 0.738. The number of ether oxygens (including phenoxy) is 2. The first kappa shape index (κ1) is 12.0. The lowest BCUT2D eigenvalue weighted by Gasteiger charge is -2.31. The lowest BCUT2D eigenvalue weighted by Crippen LogP contribution is -2.33. The monoisotopic (exact) mass is 238 g/mol. The van der Waals surface area contributed by atoms with Crippen LogP contribution in [0.1, 0.15) is 11.7 Å². The quantitative estimate of drug-likeness (QED) is 0.724. The minimum atomic E-state index is -0.600. The number of rotatable bonds is 3. The van der Waals surface area contributed by atoms with Crippen molar-refractivity contribution in [2.75, 3.05) is 32.6 Å². The Balaban J connectivity index is 2.47. The average Bonchev–Trinajstić information content (AvgIpc) is 2.37. The fourth-order valence-corrected chi connectivity index (χ4v) is 2.14. The molecule has 0 saturated heterocycles. The molecule has 5 nitrogen and oxygen atoms in total. The fraction of sp³-hybridized carbons (Fsp3) is 0.500. The Morgan fingerprint density at radius 2 is 2.18 bits per heavy atom. The van der Waals surface area contributed by atoms with Crippen LogP contribution in [0.2, 0.25) is 0 Å². The highest BCUT2D eigenvalue weighted by Crippen LogP contribution is 2.42. The molecule has 94 valence electrons. The van der Waals surface area contributed by atoms with Crippen molar-refractivity contribution in [1.29, 1.82) is 0 Å². The van der Waals surface area contributed by atoms with E-state index in [1.54, 1.807) is 20.3 Å². The van der Waals surface area contributed by atoms with Crippen molar-refractivity contribution in [3.05, 3.63) is 17.7 Å². The van der Waals surface area contributed by atoms with E-state index in [-0.39, 0.29) is 5.92 Å². The van der Waals surface area contributed by atoms with E-state index >= 15 is 0 Å². The molecule has 2 atom stereocenters. The summed E-state index contributed by atoms with van der Waals surface area (Å²) >= 11 is 0. The number of nitrogens with one attached hydrogen (secondary N) is 1. The number of aliphatic hydroxyl groups is 1. The number of anilines is 1. The summed E-state index contributed by atoms with van der Waals surface area (Å²) in [4.78, 5) is 0. The number of hydrogen-bond donors (Lipinski definition) is 3. The van der Waals surface area contributed by atoms with E-state index in [0.29, 0.717) is 24.6 Å². The van der Waals surface area contributed by atoms with Gasteiger partial charge in [-0.25, -0.2) is 0 Å². The number of hydrogen-bond acceptors (Lipinski definition) is 5. The van der Waals surface area contributed by atoms with Crippen LogP contribution in [-0.2, 0) is 0 Å². The van der Waals surface area contributed by atoms with Gasteiger partial charge in [0.05, 0.1) is 20.3 Å². The van der Waals surface area contributed by atoms with Crippen LogP contribution in [0.3, 0.4) is 0 Å². The molecule has 0 radical (unpaired) electrons. The van der Waals surface area contributed by atoms with Crippen LogP contribution >= 0.6 is 0 Å². The van der Waals surface area contributed by atoms with Gasteiger partial charge in [-0.3, -0.25) is 0 Å². The van der Waals surface area contributed by atoms with E-state index in [1.165, 1.54) is 0 Å². The Morgan fingerprint density at radius 1 is 1.41 bits per heavy atom. The molecule has 0 saturated carbocycles. The maximum atomic E-state index is 10.3. The predicted molar refractivity (Wildman–Crippen MR) is 65.5 cm³/mol. The number of aliphatic hydroxyl groups excluding tert-OH is 1. The zero-order chi connectivity index (χ0) is 12.4. The Hall–Kier alpha value is -1.46. The Labute approximate surface area is 101 Å². The molecule has 1 aliphatic rings. The Kier molecular flexibility index (Phi) is 3.40. The van der Waals surface area contributed by atoms with Gasteiger partial charge in [0.1, 0.15) is 11.5 Å². The molecule has 0 unspecified atom stereocenters. The van der Waals surface area contributed by atoms with Crippen LogP contribution in [0.5, 0.6) is 11.5 Å². The topological polar surface area (TPSA) is 76.7 Å². The molecule has 5 heteroatoms. The molecule has 1 aliphatic heterocycles. The van der Waals surface area contributed by atoms with Crippen LogP contribution in [0.25, 0.3) is 0 Å². The number of fused-ring (bicyclic) bond motifs is 1. The van der Waals surface area contributed by atoms with Gasteiger partial charge in [-0.1, -0.05) is 0 Å². The summed E-state index contributed by atoms with van der Waals surface area (Å²) in [7, 11) is 3.18. The Bertz CT molecular complexity index is 392. The zero-order valence-electron chi connectivity index (χ0n) is 10.1. The average molecular weight is 238 g/mol. The second kappa shape index (κ2) is 4.81. The first-order chi connectivity index (χ1) is 8.21. The van der Waals surface area contributed by atoms with E-state index < -0.39 is 6.10 Å². The summed E-state index contributed by atoms with van der Waals surface area (Å²) in [6.07, 6.45) is -0.600. The van der Waals surface area contributed by atoms with Crippen LogP contribution in [0, 0.1) is 5.92 Å². The van der Waals surface area contributed by atoms with Gasteiger partial charge in [0, 0.05) is 35.8 Å². The molecule has 17 heavy (non-hydrogen) atoms. The minimum Gasteiger partial charge on any atom is -0.497 e. The highest BCUT2D eigenvalue weighted by Gasteiger charge is 2.30. The second-order valence-electron chi connectivity index (χ2n) is 4.11. The summed E-state index contributed by atoms with van der Waals surface area (Å²) in [6.45, 7) is 1.09. The molecule has 0 spiro atoms. The van der Waals surface area contributed by atoms with E-state index in [1.807, 2.05) is 6.07 Å². The molecule has 2 rings (SSSR count). The van der Waals surface area contributed by atoms with Gasteiger partial charge < -0.3 is 25.6 Å². The van der Waals surface area contributed by atoms with Gasteiger partial charge in [-0.2, -0.15) is 0 Å². The summed E-state index contributed by atoms with van der Waals surface area (Å²) in [5.74, 6) is 1.33. The van der Waals surface area contributed by atoms with Crippen molar-refractivity contribution in [3.8, 4) is 11.5 Å². The summed E-state index contributed by atoms with van der Waals surface area (Å²) < 4.78 is 10.5. The lowest BCUT2D eigenvalue weighted by atomic mass is 9.90. The fourth-order valence-electron chi connectivity index (χ4n) is 2.14. The van der Waals surface area contributed by atoms with E-state index in [2.05, 4.69) is 5.32 Å². The third kappa shape index (κ3) is 2.03. The van der Waals surface area contributed by atoms with Crippen molar-refractivity contribution < 1.29 is 14.6 Å². The molecule has 4 N–H and O–H groups in total. The molecular formula is C12H18N2O3. The SMILES string of the molecule is COc1cc2c(c(OC)c1)[C@@H](O)[C@@H](CN)CN2. The second-order valence-corrected chi connectivity index (χ2v) is 4.11. The van der Waals surface area contributed by atoms with Crippen molar-refractivity contribution >= 4 is 5.69 Å². The Morgan fingerprint density at radius 3 is 2.76 bits per heavy atom. The van der Waals surface area contributed by atoms with Crippen molar-refractivity contribution in [1.82, 2.24) is 0 Å². The molecule has 0 bridgehead atoms. The van der Waals surface area contributed by atoms with Crippen LogP contribution < -0.4 is 20.5 Å². The minimum absolute atomic E-state index is 0.00444. The lowest BCUT2D eigenvalue weighted by molar-refractivity contribution is 0.111. The molecule has 0 aliphatic carbocycles. The molecule has 1 aromatic carbocycles. The molecule has 1 heterocycles.